The fraction of sp³-hybridized carbons (Fsp3) is 0.185. The second-order valence-corrected chi connectivity index (χ2v) is 9.92. The van der Waals surface area contributed by atoms with Gasteiger partial charge in [0.1, 0.15) is 10.9 Å². The van der Waals surface area contributed by atoms with Crippen LogP contribution in [0, 0.1) is 6.92 Å². The van der Waals surface area contributed by atoms with Gasteiger partial charge in [0, 0.05) is 5.02 Å². The molecule has 3 aromatic carbocycles. The van der Waals surface area contributed by atoms with E-state index in [1.165, 1.54) is 17.3 Å². The van der Waals surface area contributed by atoms with Crippen LogP contribution in [-0.4, -0.2) is 21.7 Å². The summed E-state index contributed by atoms with van der Waals surface area (Å²) in [6.45, 7) is 5.29. The molecule has 3 aromatic rings. The van der Waals surface area contributed by atoms with E-state index in [0.717, 1.165) is 16.7 Å². The SMILES string of the molecule is CCOc1cc(/C=C2/SC(=S)N(Cc3ccc(C)cc3)C2=O)ccc1OCc1cccc(Cl)c1. The van der Waals surface area contributed by atoms with Gasteiger partial charge < -0.3 is 9.47 Å². The van der Waals surface area contributed by atoms with Crippen LogP contribution in [0.2, 0.25) is 5.02 Å². The maximum Gasteiger partial charge on any atom is 0.266 e. The van der Waals surface area contributed by atoms with E-state index < -0.39 is 0 Å². The monoisotopic (exact) mass is 509 g/mol. The fourth-order valence-electron chi connectivity index (χ4n) is 3.45. The summed E-state index contributed by atoms with van der Waals surface area (Å²) in [5, 5.41) is 0.668. The molecule has 4 nitrogen and oxygen atoms in total. The van der Waals surface area contributed by atoms with Crippen LogP contribution >= 0.6 is 35.6 Å². The van der Waals surface area contributed by atoms with Gasteiger partial charge in [-0.05, 0) is 60.9 Å². The van der Waals surface area contributed by atoms with Crippen molar-refractivity contribution in [3.05, 3.63) is 98.9 Å². The van der Waals surface area contributed by atoms with Gasteiger partial charge in [0.05, 0.1) is 18.1 Å². The van der Waals surface area contributed by atoms with Crippen LogP contribution in [0.15, 0.2) is 71.6 Å². The molecule has 1 fully saturated rings. The number of benzene rings is 3. The molecular weight excluding hydrogens is 486 g/mol. The molecule has 1 saturated heterocycles. The summed E-state index contributed by atoms with van der Waals surface area (Å²) < 4.78 is 12.3. The highest BCUT2D eigenvalue weighted by atomic mass is 35.5. The summed E-state index contributed by atoms with van der Waals surface area (Å²) in [5.74, 6) is 1.16. The predicted molar refractivity (Wildman–Crippen MR) is 143 cm³/mol. The Kier molecular flexibility index (Phi) is 7.93. The number of halogens is 1. The number of carbonyl (C=O) groups is 1. The number of rotatable bonds is 8. The van der Waals surface area contributed by atoms with Crippen molar-refractivity contribution >= 4 is 51.9 Å². The molecule has 0 aromatic heterocycles. The molecule has 1 aliphatic heterocycles. The third-order valence-electron chi connectivity index (χ3n) is 5.18. The first kappa shape index (κ1) is 24.3. The van der Waals surface area contributed by atoms with Gasteiger partial charge in [-0.2, -0.15) is 0 Å². The normalized spacial score (nSPS) is 14.7. The van der Waals surface area contributed by atoms with Gasteiger partial charge in [0.15, 0.2) is 11.5 Å². The molecule has 1 heterocycles. The van der Waals surface area contributed by atoms with Crippen molar-refractivity contribution in [2.45, 2.75) is 27.0 Å². The molecule has 0 bridgehead atoms. The minimum Gasteiger partial charge on any atom is -0.490 e. The third kappa shape index (κ3) is 6.00. The Hall–Kier alpha value is -2.80. The van der Waals surface area contributed by atoms with Crippen LogP contribution in [0.25, 0.3) is 6.08 Å². The zero-order chi connectivity index (χ0) is 24.1. The summed E-state index contributed by atoms with van der Waals surface area (Å²) in [5.41, 5.74) is 4.03. The molecule has 0 aliphatic carbocycles. The molecule has 0 spiro atoms. The molecule has 1 amide bonds. The van der Waals surface area contributed by atoms with E-state index in [4.69, 9.17) is 33.3 Å². The number of thiocarbonyl (C=S) groups is 1. The minimum absolute atomic E-state index is 0.0881. The van der Waals surface area contributed by atoms with Crippen LogP contribution in [0.1, 0.15) is 29.2 Å². The predicted octanol–water partition coefficient (Wildman–Crippen LogP) is 7.03. The fourth-order valence-corrected chi connectivity index (χ4v) is 4.92. The van der Waals surface area contributed by atoms with Gasteiger partial charge >= 0.3 is 0 Å². The van der Waals surface area contributed by atoms with Crippen LogP contribution in [-0.2, 0) is 17.9 Å². The third-order valence-corrected chi connectivity index (χ3v) is 6.80. The largest absolute Gasteiger partial charge is 0.490 e. The van der Waals surface area contributed by atoms with E-state index in [1.54, 1.807) is 4.90 Å². The van der Waals surface area contributed by atoms with Crippen LogP contribution < -0.4 is 9.47 Å². The van der Waals surface area contributed by atoms with Gasteiger partial charge in [0.2, 0.25) is 0 Å². The van der Waals surface area contributed by atoms with E-state index in [2.05, 4.69) is 0 Å². The van der Waals surface area contributed by atoms with Crippen molar-refractivity contribution in [1.29, 1.82) is 0 Å². The molecule has 0 unspecified atom stereocenters. The first-order chi connectivity index (χ1) is 16.4. The second kappa shape index (κ2) is 11.1. The lowest BCUT2D eigenvalue weighted by Gasteiger charge is -2.14. The van der Waals surface area contributed by atoms with Crippen LogP contribution in [0.5, 0.6) is 11.5 Å². The summed E-state index contributed by atoms with van der Waals surface area (Å²) in [7, 11) is 0. The maximum atomic E-state index is 13.0. The van der Waals surface area contributed by atoms with Crippen molar-refractivity contribution < 1.29 is 14.3 Å². The summed E-state index contributed by atoms with van der Waals surface area (Å²) >= 11 is 12.9. The number of hydrogen-bond donors (Lipinski definition) is 0. The average molecular weight is 510 g/mol. The lowest BCUT2D eigenvalue weighted by molar-refractivity contribution is -0.122. The number of hydrogen-bond acceptors (Lipinski definition) is 5. The molecule has 34 heavy (non-hydrogen) atoms. The lowest BCUT2D eigenvalue weighted by Crippen LogP contribution is -2.27. The number of amides is 1. The quantitative estimate of drug-likeness (QED) is 0.241. The zero-order valence-corrected chi connectivity index (χ0v) is 21.3. The van der Waals surface area contributed by atoms with Gasteiger partial charge in [0.25, 0.3) is 5.91 Å². The Morgan fingerprint density at radius 1 is 1.00 bits per heavy atom. The standard InChI is InChI=1S/C27H24ClNO3S2/c1-3-31-24-14-20(11-12-23(24)32-17-21-5-4-6-22(28)13-21)15-25-26(30)29(27(33)34-25)16-19-9-7-18(2)8-10-19/h4-15H,3,16-17H2,1-2H3/b25-15+. The van der Waals surface area contributed by atoms with Gasteiger partial charge in [-0.25, -0.2) is 0 Å². The highest BCUT2D eigenvalue weighted by Crippen LogP contribution is 2.36. The summed E-state index contributed by atoms with van der Waals surface area (Å²) in [6, 6.07) is 21.3. The molecule has 0 radical (unpaired) electrons. The lowest BCUT2D eigenvalue weighted by atomic mass is 10.1. The topological polar surface area (TPSA) is 38.8 Å². The summed E-state index contributed by atoms with van der Waals surface area (Å²) in [4.78, 5) is 15.3. The van der Waals surface area contributed by atoms with Gasteiger partial charge in [-0.3, -0.25) is 9.69 Å². The van der Waals surface area contributed by atoms with E-state index in [-0.39, 0.29) is 5.91 Å². The Balaban J connectivity index is 1.50. The number of ether oxygens (including phenoxy) is 2. The van der Waals surface area contributed by atoms with Crippen molar-refractivity contribution in [3.63, 3.8) is 0 Å². The van der Waals surface area contributed by atoms with Crippen molar-refractivity contribution in [2.75, 3.05) is 6.61 Å². The molecule has 7 heteroatoms. The second-order valence-electron chi connectivity index (χ2n) is 7.81. The van der Waals surface area contributed by atoms with Crippen LogP contribution in [0.3, 0.4) is 0 Å². The number of aryl methyl sites for hydroxylation is 1. The first-order valence-electron chi connectivity index (χ1n) is 10.9. The highest BCUT2D eigenvalue weighted by Gasteiger charge is 2.32. The van der Waals surface area contributed by atoms with Crippen LogP contribution in [0.4, 0.5) is 0 Å². The molecule has 0 N–H and O–H groups in total. The van der Waals surface area contributed by atoms with Crippen molar-refractivity contribution in [1.82, 2.24) is 4.90 Å². The smallest absolute Gasteiger partial charge is 0.266 e. The maximum absolute atomic E-state index is 13.0. The Bertz CT molecular complexity index is 1240. The number of carbonyl (C=O) groups excluding carboxylic acids is 1. The van der Waals surface area contributed by atoms with E-state index in [1.807, 2.05) is 86.7 Å². The highest BCUT2D eigenvalue weighted by molar-refractivity contribution is 8.26. The number of thioether (sulfide) groups is 1. The van der Waals surface area contributed by atoms with Crippen molar-refractivity contribution in [3.8, 4) is 11.5 Å². The minimum atomic E-state index is -0.0881. The Labute approximate surface area is 214 Å². The molecule has 0 saturated carbocycles. The number of nitrogens with zero attached hydrogens (tertiary/aromatic N) is 1. The molecule has 4 rings (SSSR count). The van der Waals surface area contributed by atoms with Crippen molar-refractivity contribution in [2.24, 2.45) is 0 Å². The molecule has 1 aliphatic rings. The van der Waals surface area contributed by atoms with Gasteiger partial charge in [-0.1, -0.05) is 83.6 Å². The van der Waals surface area contributed by atoms with E-state index in [9.17, 15) is 4.79 Å². The van der Waals surface area contributed by atoms with E-state index in [0.29, 0.717) is 45.5 Å². The first-order valence-corrected chi connectivity index (χ1v) is 12.5. The molecule has 0 atom stereocenters. The average Bonchev–Trinajstić information content (AvgIpc) is 3.07. The van der Waals surface area contributed by atoms with Gasteiger partial charge in [-0.15, -0.1) is 0 Å². The Morgan fingerprint density at radius 3 is 2.53 bits per heavy atom. The zero-order valence-electron chi connectivity index (χ0n) is 18.9. The van der Waals surface area contributed by atoms with E-state index >= 15 is 0 Å². The summed E-state index contributed by atoms with van der Waals surface area (Å²) in [6.07, 6.45) is 1.84. The molecular formula is C27H24ClNO3S2. The Morgan fingerprint density at radius 2 is 1.79 bits per heavy atom. The molecule has 174 valence electrons.